The molecule has 2 aliphatic rings. The largest absolute Gasteiger partial charge is 0.478 e. The van der Waals surface area contributed by atoms with Crippen molar-refractivity contribution in [3.05, 3.63) is 70.4 Å². The summed E-state index contributed by atoms with van der Waals surface area (Å²) in [5, 5.41) is 14.1. The van der Waals surface area contributed by atoms with Crippen LogP contribution in [0.1, 0.15) is 70.4 Å². The van der Waals surface area contributed by atoms with E-state index in [9.17, 15) is 9.90 Å². The van der Waals surface area contributed by atoms with Crippen molar-refractivity contribution in [1.29, 1.82) is 0 Å². The van der Waals surface area contributed by atoms with Gasteiger partial charge in [0.15, 0.2) is 0 Å². The van der Waals surface area contributed by atoms with Gasteiger partial charge >= 0.3 is 5.97 Å². The van der Waals surface area contributed by atoms with Crippen LogP contribution in [0.25, 0.3) is 10.9 Å². The van der Waals surface area contributed by atoms with Crippen molar-refractivity contribution < 1.29 is 19.4 Å². The van der Waals surface area contributed by atoms with Crippen LogP contribution in [0.3, 0.4) is 0 Å². The first-order valence-corrected chi connectivity index (χ1v) is 11.7. The molecule has 3 heterocycles. The van der Waals surface area contributed by atoms with Crippen LogP contribution in [-0.2, 0) is 9.47 Å². The van der Waals surface area contributed by atoms with E-state index in [1.54, 1.807) is 12.1 Å². The molecule has 5 rings (SSSR count). The van der Waals surface area contributed by atoms with Gasteiger partial charge in [-0.2, -0.15) is 0 Å². The molecule has 0 unspecified atom stereocenters. The van der Waals surface area contributed by atoms with E-state index in [-0.39, 0.29) is 11.6 Å². The minimum atomic E-state index is -0.937. The van der Waals surface area contributed by atoms with Gasteiger partial charge in [-0.05, 0) is 67.6 Å². The Morgan fingerprint density at radius 1 is 1.12 bits per heavy atom. The predicted octanol–water partition coefficient (Wildman–Crippen LogP) is 5.42. The summed E-state index contributed by atoms with van der Waals surface area (Å²) in [6, 6.07) is 13.6. The second-order valence-electron chi connectivity index (χ2n) is 9.25. The Labute approximate surface area is 193 Å². The first kappa shape index (κ1) is 21.9. The van der Waals surface area contributed by atoms with Crippen molar-refractivity contribution >= 4 is 22.6 Å². The fraction of sp³-hybridized carbons (Fsp3) is 0.407. The Morgan fingerprint density at radius 2 is 1.91 bits per heavy atom. The van der Waals surface area contributed by atoms with Crippen LogP contribution in [0.4, 0.5) is 5.69 Å². The van der Waals surface area contributed by atoms with E-state index in [1.807, 2.05) is 12.1 Å². The van der Waals surface area contributed by atoms with E-state index in [0.29, 0.717) is 17.5 Å². The molecule has 2 atom stereocenters. The fourth-order valence-electron chi connectivity index (χ4n) is 4.98. The molecule has 2 saturated heterocycles. The van der Waals surface area contributed by atoms with Crippen LogP contribution in [-0.4, -0.2) is 42.5 Å². The van der Waals surface area contributed by atoms with E-state index in [0.717, 1.165) is 67.0 Å². The number of fused-ring (bicyclic) bond motifs is 1. The third-order valence-electron chi connectivity index (χ3n) is 6.79. The number of nitrogens with one attached hydrogen (secondary N) is 1. The summed E-state index contributed by atoms with van der Waals surface area (Å²) in [6.45, 7) is 7.16. The van der Waals surface area contributed by atoms with E-state index in [1.165, 1.54) is 5.56 Å². The van der Waals surface area contributed by atoms with E-state index in [2.05, 4.69) is 37.4 Å². The molecule has 0 radical (unpaired) electrons. The number of hydrogen-bond donors (Lipinski definition) is 2. The average Bonchev–Trinajstić information content (AvgIpc) is 2.77. The van der Waals surface area contributed by atoms with Crippen molar-refractivity contribution in [3.63, 3.8) is 0 Å². The van der Waals surface area contributed by atoms with Gasteiger partial charge in [0.05, 0.1) is 36.6 Å². The molecule has 0 aliphatic carbocycles. The summed E-state index contributed by atoms with van der Waals surface area (Å²) in [6.07, 6.45) is 2.17. The Bertz CT molecular complexity index is 1180. The highest BCUT2D eigenvalue weighted by Crippen LogP contribution is 2.38. The number of aromatic nitrogens is 1. The fourth-order valence-corrected chi connectivity index (χ4v) is 4.98. The Balaban J connectivity index is 1.59. The first-order chi connectivity index (χ1) is 16.0. The van der Waals surface area contributed by atoms with Gasteiger partial charge in [-0.3, -0.25) is 4.98 Å². The normalized spacial score (nSPS) is 19.8. The number of hydrogen-bond acceptors (Lipinski definition) is 5. The molecule has 2 aliphatic heterocycles. The molecular formula is C27H30N2O4. The average molecular weight is 447 g/mol. The third-order valence-corrected chi connectivity index (χ3v) is 6.79. The number of ether oxygens (including phenoxy) is 2. The molecule has 6 nitrogen and oxygen atoms in total. The SMILES string of the molecule is Cc1cc([C@H](C)Nc2ccccc2C(=O)O)c2cc([C@@H]3CCCOC3)c(C3COC3)nc2c1. The van der Waals surface area contributed by atoms with Gasteiger partial charge in [0.25, 0.3) is 0 Å². The molecule has 2 N–H and O–H groups in total. The summed E-state index contributed by atoms with van der Waals surface area (Å²) in [5.74, 6) is -0.252. The van der Waals surface area contributed by atoms with Crippen molar-refractivity contribution in [2.75, 3.05) is 31.7 Å². The van der Waals surface area contributed by atoms with Gasteiger partial charge in [-0.1, -0.05) is 18.2 Å². The van der Waals surface area contributed by atoms with Crippen molar-refractivity contribution in [1.82, 2.24) is 4.98 Å². The monoisotopic (exact) mass is 446 g/mol. The highest BCUT2D eigenvalue weighted by molar-refractivity contribution is 5.94. The summed E-state index contributed by atoms with van der Waals surface area (Å²) in [4.78, 5) is 16.9. The van der Waals surface area contributed by atoms with Crippen molar-refractivity contribution in [2.45, 2.75) is 44.6 Å². The van der Waals surface area contributed by atoms with E-state index >= 15 is 0 Å². The topological polar surface area (TPSA) is 80.7 Å². The molecule has 0 bridgehead atoms. The molecule has 2 fully saturated rings. The highest BCUT2D eigenvalue weighted by atomic mass is 16.5. The number of pyridine rings is 1. The van der Waals surface area contributed by atoms with Crippen LogP contribution < -0.4 is 5.32 Å². The van der Waals surface area contributed by atoms with Crippen molar-refractivity contribution in [3.8, 4) is 0 Å². The second-order valence-corrected chi connectivity index (χ2v) is 9.25. The van der Waals surface area contributed by atoms with E-state index < -0.39 is 5.97 Å². The zero-order valence-electron chi connectivity index (χ0n) is 19.1. The lowest BCUT2D eigenvalue weighted by Crippen LogP contribution is -2.29. The Hall–Kier alpha value is -2.96. The smallest absolute Gasteiger partial charge is 0.337 e. The van der Waals surface area contributed by atoms with Crippen LogP contribution in [0, 0.1) is 6.92 Å². The molecule has 1 aromatic heterocycles. The number of carboxylic acid groups (broad SMARTS) is 1. The molecule has 33 heavy (non-hydrogen) atoms. The number of carbonyl (C=O) groups is 1. The second kappa shape index (κ2) is 9.12. The maximum atomic E-state index is 11.7. The van der Waals surface area contributed by atoms with Gasteiger partial charge in [-0.25, -0.2) is 4.79 Å². The van der Waals surface area contributed by atoms with Crippen LogP contribution >= 0.6 is 0 Å². The number of aromatic carboxylic acids is 1. The van der Waals surface area contributed by atoms with Crippen molar-refractivity contribution in [2.24, 2.45) is 0 Å². The Morgan fingerprint density at radius 3 is 2.61 bits per heavy atom. The number of benzene rings is 2. The molecular weight excluding hydrogens is 416 g/mol. The van der Waals surface area contributed by atoms with Gasteiger partial charge < -0.3 is 19.9 Å². The summed E-state index contributed by atoms with van der Waals surface area (Å²) >= 11 is 0. The minimum Gasteiger partial charge on any atom is -0.478 e. The van der Waals surface area contributed by atoms with Gasteiger partial charge in [-0.15, -0.1) is 0 Å². The zero-order valence-corrected chi connectivity index (χ0v) is 19.1. The standard InChI is InChI=1S/C27H30N2O4/c1-16-10-21(17(2)28-24-8-4-3-7-20(24)27(30)31)23-12-22(18-6-5-9-32-13-18)26(19-14-33-15-19)29-25(23)11-16/h3-4,7-8,10-12,17-19,28H,5-6,9,13-15H2,1-2H3,(H,30,31)/t17-,18+/m0/s1. The minimum absolute atomic E-state index is 0.0944. The first-order valence-electron chi connectivity index (χ1n) is 11.7. The molecule has 3 aromatic rings. The number of aryl methyl sites for hydroxylation is 1. The lowest BCUT2D eigenvalue weighted by molar-refractivity contribution is 0.00566. The molecule has 6 heteroatoms. The quantitative estimate of drug-likeness (QED) is 0.526. The molecule has 2 aromatic carbocycles. The van der Waals surface area contributed by atoms with Gasteiger partial charge in [0.1, 0.15) is 0 Å². The van der Waals surface area contributed by atoms with Crippen LogP contribution in [0.2, 0.25) is 0 Å². The summed E-state index contributed by atoms with van der Waals surface area (Å²) < 4.78 is 11.3. The highest BCUT2D eigenvalue weighted by Gasteiger charge is 2.30. The molecule has 0 spiro atoms. The number of carboxylic acids is 1. The van der Waals surface area contributed by atoms with Crippen LogP contribution in [0.15, 0.2) is 42.5 Å². The predicted molar refractivity (Wildman–Crippen MR) is 128 cm³/mol. The number of nitrogens with zero attached hydrogens (tertiary/aromatic N) is 1. The molecule has 0 saturated carbocycles. The zero-order chi connectivity index (χ0) is 22.9. The van der Waals surface area contributed by atoms with Gasteiger partial charge in [0.2, 0.25) is 0 Å². The lowest BCUT2D eigenvalue weighted by atomic mass is 9.85. The van der Waals surface area contributed by atoms with Gasteiger partial charge in [0, 0.05) is 35.6 Å². The number of para-hydroxylation sites is 1. The number of rotatable bonds is 6. The maximum absolute atomic E-state index is 11.7. The lowest BCUT2D eigenvalue weighted by Gasteiger charge is -2.32. The van der Waals surface area contributed by atoms with E-state index in [4.69, 9.17) is 14.5 Å². The summed E-state index contributed by atoms with van der Waals surface area (Å²) in [7, 11) is 0. The molecule has 0 amide bonds. The maximum Gasteiger partial charge on any atom is 0.337 e. The molecule has 172 valence electrons. The number of anilines is 1. The Kier molecular flexibility index (Phi) is 6.04. The van der Waals surface area contributed by atoms with Crippen LogP contribution in [0.5, 0.6) is 0 Å². The summed E-state index contributed by atoms with van der Waals surface area (Å²) in [5.41, 5.74) is 6.54. The third kappa shape index (κ3) is 4.33.